The van der Waals surface area contributed by atoms with Crippen LogP contribution in [0.25, 0.3) is 79.8 Å². The molecule has 3 fully saturated rings. The summed E-state index contributed by atoms with van der Waals surface area (Å²) in [6.45, 7) is 11.1. The standard InChI is InChI=1S/C86H89BrN4O33.Zn/c1-42(92)110-39-68-75(113-45(4)95)78(116-48(7)98)81(119-51(10)101)84(122-68)107-36-33-104-57-19-13-54(14-20-57)71-60-25-27-62(88-60)72(55-15-21-58(22-16-55)105-34-37-108-85-82(120-52(11)102)79(117-49(8)99)76(114-46(5)96)69(123-85)40-111-43(2)93)64-29-31-66(90-64)74(87)67-32-30-65(91-67)73(63-28-26-61(71)89-63)56-17-23-59(24-18-56)106-35-38-109-86-83(121-53(12)103)80(118-50(9)100)77(115-47(6)97)70(124-86)41-112-44(3)94;/h13-32,68-70,75-86H,33-41H2,1-12H3;/q-2;+2/t68-,69-,70-,75-,76-,77-,78+,79+,80+,81+,82+,83+,84+,85+,86+;/m1./s1. The molecule has 15 atom stereocenters. The van der Waals surface area contributed by atoms with Crippen molar-refractivity contribution in [3.05, 3.63) is 124 Å². The van der Waals surface area contributed by atoms with Crippen LogP contribution >= 0.6 is 15.9 Å². The SMILES string of the molecule is CC(=O)OC[C@H]1O[C@H](OCCOc2ccc(-c3c4nc(c(-c5ccc(OCCO[C@H]6O[C@H](COC(C)=O)[C@@H](OC(C)=O)[C@H](OC(C)=O)[C@@H]6OC(C)=O)cc5)c5ccc([n-]5)c(-c5ccc(OCCO[C@H]6O[C@H](COC(C)=O)[C@@H](OC(C)=O)[C@H](OC(C)=O)[C@@H]6OC(C)=O)cc5)c5nc(c(Br)c6ccc3[n-]6)C=C5)C=C4)cc2)[C@@H](OC(C)=O)[C@@H](OC(C)=O)[C@@H]1OC(C)=O.[Zn+2]. The van der Waals surface area contributed by atoms with Crippen LogP contribution in [0.15, 0.2) is 102 Å². The van der Waals surface area contributed by atoms with E-state index >= 15 is 0 Å². The number of esters is 12. The maximum absolute atomic E-state index is 12.6. The van der Waals surface area contributed by atoms with Crippen LogP contribution in [0.5, 0.6) is 17.2 Å². The fourth-order valence-electron chi connectivity index (χ4n) is 14.0. The van der Waals surface area contributed by atoms with Crippen molar-refractivity contribution in [2.75, 3.05) is 59.5 Å². The summed E-state index contributed by atoms with van der Waals surface area (Å²) in [5.41, 5.74) is 7.70. The molecule has 0 radical (unpaired) electrons. The maximum Gasteiger partial charge on any atom is 2.00 e. The first kappa shape index (κ1) is 95.4. The Labute approximate surface area is 736 Å². The molecule has 39 heteroatoms. The summed E-state index contributed by atoms with van der Waals surface area (Å²) < 4.78 is 121. The number of aromatic nitrogens is 4. The van der Waals surface area contributed by atoms with Gasteiger partial charge in [0, 0.05) is 87.6 Å². The van der Waals surface area contributed by atoms with Crippen molar-refractivity contribution < 1.29 is 176 Å². The van der Waals surface area contributed by atoms with Gasteiger partial charge in [-0.15, -0.1) is 22.1 Å². The summed E-state index contributed by atoms with van der Waals surface area (Å²) in [4.78, 5) is 169. The molecule has 125 heavy (non-hydrogen) atoms. The van der Waals surface area contributed by atoms with E-state index in [0.717, 1.165) is 83.1 Å². The topological polar surface area (TPSA) is 453 Å². The maximum atomic E-state index is 12.6. The van der Waals surface area contributed by atoms with Crippen molar-refractivity contribution in [2.24, 2.45) is 0 Å². The summed E-state index contributed by atoms with van der Waals surface area (Å²) in [6, 6.07) is 28.6. The van der Waals surface area contributed by atoms with E-state index in [2.05, 4.69) is 15.9 Å². The van der Waals surface area contributed by atoms with Gasteiger partial charge in [0.2, 0.25) is 0 Å². The summed E-state index contributed by atoms with van der Waals surface area (Å²) in [5, 5.41) is 0. The molecule has 5 aliphatic heterocycles. The van der Waals surface area contributed by atoms with Crippen LogP contribution in [0.4, 0.5) is 0 Å². The van der Waals surface area contributed by atoms with Gasteiger partial charge in [-0.2, -0.15) is 0 Å². The number of carbonyl (C=O) groups excluding carboxylic acids is 12. The Morgan fingerprint density at radius 2 is 0.528 bits per heavy atom. The monoisotopic (exact) mass is 1850 g/mol. The van der Waals surface area contributed by atoms with Crippen molar-refractivity contribution >= 4 is 134 Å². The van der Waals surface area contributed by atoms with Crippen LogP contribution in [0.3, 0.4) is 0 Å². The van der Waals surface area contributed by atoms with Crippen molar-refractivity contribution in [3.63, 3.8) is 0 Å². The molecule has 8 bridgehead atoms. The van der Waals surface area contributed by atoms with Crippen LogP contribution in [0.1, 0.15) is 106 Å². The predicted octanol–water partition coefficient (Wildman–Crippen LogP) is 8.11. The minimum atomic E-state index is -1.47. The first-order chi connectivity index (χ1) is 59.2. The molecule has 11 rings (SSSR count). The third kappa shape index (κ3) is 25.7. The van der Waals surface area contributed by atoms with E-state index in [1.54, 1.807) is 36.4 Å². The van der Waals surface area contributed by atoms with E-state index in [0.29, 0.717) is 99.9 Å². The number of carbonyl (C=O) groups is 12. The van der Waals surface area contributed by atoms with Gasteiger partial charge in [-0.3, -0.25) is 57.5 Å². The molecule has 3 saturated heterocycles. The van der Waals surface area contributed by atoms with Crippen LogP contribution in [-0.2, 0) is 162 Å². The van der Waals surface area contributed by atoms with E-state index in [1.807, 2.05) is 85.0 Å². The van der Waals surface area contributed by atoms with E-state index in [4.69, 9.17) is 119 Å². The van der Waals surface area contributed by atoms with Crippen molar-refractivity contribution in [1.82, 2.24) is 19.9 Å². The number of rotatable bonds is 33. The second-order valence-electron chi connectivity index (χ2n) is 28.2. The van der Waals surface area contributed by atoms with Crippen LogP contribution in [0, 0.1) is 0 Å². The van der Waals surface area contributed by atoms with Gasteiger partial charge in [0.1, 0.15) is 75.2 Å². The van der Waals surface area contributed by atoms with Crippen LogP contribution < -0.4 is 24.2 Å². The average Bonchev–Trinajstić information content (AvgIpc) is 1.65. The fraction of sp³-hybridized carbons (Fsp3) is 0.419. The molecule has 0 amide bonds. The number of fused-ring (bicyclic) bond motifs is 8. The van der Waals surface area contributed by atoms with Gasteiger partial charge in [-0.25, -0.2) is 9.97 Å². The van der Waals surface area contributed by atoms with Crippen molar-refractivity contribution in [1.29, 1.82) is 0 Å². The Hall–Kier alpha value is -11.8. The Kier molecular flexibility index (Phi) is 33.7. The molecule has 0 aliphatic carbocycles. The second kappa shape index (κ2) is 44.2. The largest absolute Gasteiger partial charge is 2.00 e. The van der Waals surface area contributed by atoms with E-state index < -0.39 is 184 Å². The average molecular weight is 1850 g/mol. The molecule has 660 valence electrons. The zero-order valence-electron chi connectivity index (χ0n) is 69.9. The van der Waals surface area contributed by atoms with Gasteiger partial charge >= 0.3 is 91.1 Å². The van der Waals surface area contributed by atoms with Crippen molar-refractivity contribution in [3.8, 4) is 50.6 Å². The summed E-state index contributed by atoms with van der Waals surface area (Å²) in [6.07, 6.45) is -13.6. The van der Waals surface area contributed by atoms with E-state index in [-0.39, 0.29) is 59.1 Å². The normalized spacial score (nSPS) is 22.3. The molecule has 3 aromatic carbocycles. The second-order valence-corrected chi connectivity index (χ2v) is 29.0. The Morgan fingerprint density at radius 1 is 0.296 bits per heavy atom. The summed E-state index contributed by atoms with van der Waals surface area (Å²) >= 11 is 3.83. The number of ether oxygens (including phenoxy) is 21. The molecule has 0 N–H and O–H groups in total. The van der Waals surface area contributed by atoms with E-state index in [1.165, 1.54) is 0 Å². The molecule has 3 aromatic heterocycles. The number of hydrogen-bond acceptors (Lipinski definition) is 35. The van der Waals surface area contributed by atoms with Gasteiger partial charge in [0.25, 0.3) is 0 Å². The van der Waals surface area contributed by atoms with Crippen LogP contribution in [0.2, 0.25) is 0 Å². The molecule has 37 nitrogen and oxygen atoms in total. The molecule has 0 unspecified atom stereocenters. The van der Waals surface area contributed by atoms with E-state index in [9.17, 15) is 57.5 Å². The Balaban J connectivity index is 0.0000163. The van der Waals surface area contributed by atoms with Gasteiger partial charge in [0.15, 0.2) is 73.8 Å². The molecular weight excluding hydrogens is 1760 g/mol. The summed E-state index contributed by atoms with van der Waals surface area (Å²) in [7, 11) is 0. The number of nitrogens with zero attached hydrogens (tertiary/aromatic N) is 4. The van der Waals surface area contributed by atoms with Gasteiger partial charge in [-0.05, 0) is 110 Å². The smallest absolute Gasteiger partial charge is 0.657 e. The third-order valence-corrected chi connectivity index (χ3v) is 19.5. The summed E-state index contributed by atoms with van der Waals surface area (Å²) in [5.74, 6) is -8.15. The predicted molar refractivity (Wildman–Crippen MR) is 431 cm³/mol. The number of benzene rings is 3. The molecule has 0 saturated carbocycles. The molecular formula is C86H89BrN4O33Zn. The number of halogens is 1. The molecule has 8 heterocycles. The zero-order valence-corrected chi connectivity index (χ0v) is 74.5. The Morgan fingerprint density at radius 3 is 0.792 bits per heavy atom. The fourth-order valence-corrected chi connectivity index (χ4v) is 14.5. The molecule has 5 aliphatic rings. The minimum Gasteiger partial charge on any atom is -0.657 e. The first-order valence-corrected chi connectivity index (χ1v) is 39.7. The molecule has 6 aromatic rings. The first-order valence-electron chi connectivity index (χ1n) is 38.9. The Bertz CT molecular complexity index is 5050. The van der Waals surface area contributed by atoms with Crippen LogP contribution in [-0.4, -0.2) is 233 Å². The van der Waals surface area contributed by atoms with Gasteiger partial charge in [0.05, 0.1) is 42.6 Å². The third-order valence-electron chi connectivity index (χ3n) is 18.7. The quantitative estimate of drug-likeness (QED) is 0.0162. The zero-order chi connectivity index (χ0) is 89.2. The minimum absolute atomic E-state index is 0. The van der Waals surface area contributed by atoms with Gasteiger partial charge in [-0.1, -0.05) is 60.7 Å². The number of hydrogen-bond donors (Lipinski definition) is 0. The molecule has 0 spiro atoms. The van der Waals surface area contributed by atoms with Crippen molar-refractivity contribution in [2.45, 2.75) is 175 Å². The van der Waals surface area contributed by atoms with Gasteiger partial charge < -0.3 is 109 Å².